The molecule has 1 rings (SSSR count). The maximum atomic E-state index is 11.7. The van der Waals surface area contributed by atoms with Gasteiger partial charge in [-0.15, -0.1) is 0 Å². The van der Waals surface area contributed by atoms with Crippen molar-refractivity contribution in [3.63, 3.8) is 0 Å². The van der Waals surface area contributed by atoms with E-state index in [0.717, 1.165) is 12.0 Å². The van der Waals surface area contributed by atoms with E-state index >= 15 is 0 Å². The third-order valence-electron chi connectivity index (χ3n) is 2.68. The SMILES string of the molecule is CCCOC(=O)CCC(=O)NC(=S)Nc1cc(C)ccc1O. The lowest BCUT2D eigenvalue weighted by molar-refractivity contribution is -0.144. The van der Waals surface area contributed by atoms with Crippen molar-refractivity contribution in [3.05, 3.63) is 23.8 Å². The summed E-state index contributed by atoms with van der Waals surface area (Å²) in [5.74, 6) is -0.768. The molecule has 0 bridgehead atoms. The predicted octanol–water partition coefficient (Wildman–Crippen LogP) is 2.25. The number of amides is 1. The van der Waals surface area contributed by atoms with E-state index in [2.05, 4.69) is 10.6 Å². The van der Waals surface area contributed by atoms with Crippen molar-refractivity contribution in [3.8, 4) is 5.75 Å². The number of nitrogens with one attached hydrogen (secondary N) is 2. The Balaban J connectivity index is 2.40. The van der Waals surface area contributed by atoms with Crippen LogP contribution in [0.5, 0.6) is 5.75 Å². The highest BCUT2D eigenvalue weighted by Crippen LogP contribution is 2.23. The summed E-state index contributed by atoms with van der Waals surface area (Å²) >= 11 is 4.99. The minimum absolute atomic E-state index is 0.00411. The summed E-state index contributed by atoms with van der Waals surface area (Å²) in [5, 5.41) is 14.9. The van der Waals surface area contributed by atoms with Gasteiger partial charge in [-0.3, -0.25) is 9.59 Å². The Morgan fingerprint density at radius 3 is 2.73 bits per heavy atom. The molecule has 1 amide bonds. The zero-order chi connectivity index (χ0) is 16.5. The van der Waals surface area contributed by atoms with Crippen molar-refractivity contribution in [1.82, 2.24) is 5.32 Å². The van der Waals surface area contributed by atoms with Crippen LogP contribution < -0.4 is 10.6 Å². The monoisotopic (exact) mass is 324 g/mol. The molecular weight excluding hydrogens is 304 g/mol. The van der Waals surface area contributed by atoms with Crippen LogP contribution >= 0.6 is 12.2 Å². The third kappa shape index (κ3) is 6.53. The summed E-state index contributed by atoms with van der Waals surface area (Å²) < 4.78 is 4.87. The fraction of sp³-hybridized carbons (Fsp3) is 0.400. The van der Waals surface area contributed by atoms with E-state index in [9.17, 15) is 14.7 Å². The number of anilines is 1. The normalized spacial score (nSPS) is 9.91. The lowest BCUT2D eigenvalue weighted by Crippen LogP contribution is -2.34. The molecule has 0 heterocycles. The number of aromatic hydroxyl groups is 1. The van der Waals surface area contributed by atoms with Crippen molar-refractivity contribution in [1.29, 1.82) is 0 Å². The smallest absolute Gasteiger partial charge is 0.306 e. The van der Waals surface area contributed by atoms with E-state index in [1.807, 2.05) is 13.8 Å². The van der Waals surface area contributed by atoms with Crippen LogP contribution in [0.3, 0.4) is 0 Å². The zero-order valence-electron chi connectivity index (χ0n) is 12.6. The Kier molecular flexibility index (Phi) is 7.31. The Morgan fingerprint density at radius 1 is 1.32 bits per heavy atom. The number of ether oxygens (including phenoxy) is 1. The Bertz CT molecular complexity index is 560. The molecule has 0 atom stereocenters. The second kappa shape index (κ2) is 8.99. The molecule has 0 aliphatic heterocycles. The number of hydrogen-bond acceptors (Lipinski definition) is 5. The van der Waals surface area contributed by atoms with E-state index in [-0.39, 0.29) is 23.7 Å². The average Bonchev–Trinajstić information content (AvgIpc) is 2.46. The van der Waals surface area contributed by atoms with Crippen LogP contribution in [0, 0.1) is 6.92 Å². The summed E-state index contributed by atoms with van der Waals surface area (Å²) in [7, 11) is 0. The molecule has 0 unspecified atom stereocenters. The van der Waals surface area contributed by atoms with Gasteiger partial charge >= 0.3 is 5.97 Å². The van der Waals surface area contributed by atoms with Crippen LogP contribution in [0.25, 0.3) is 0 Å². The summed E-state index contributed by atoms with van der Waals surface area (Å²) in [4.78, 5) is 22.9. The van der Waals surface area contributed by atoms with Crippen LogP contribution in [0.4, 0.5) is 5.69 Å². The van der Waals surface area contributed by atoms with E-state index in [1.165, 1.54) is 6.07 Å². The third-order valence-corrected chi connectivity index (χ3v) is 2.88. The van der Waals surface area contributed by atoms with Crippen LogP contribution in [0.1, 0.15) is 31.7 Å². The molecule has 0 aromatic heterocycles. The molecular formula is C15H20N2O4S. The Labute approximate surface area is 134 Å². The molecule has 0 fully saturated rings. The minimum atomic E-state index is -0.410. The molecule has 0 saturated heterocycles. The van der Waals surface area contributed by atoms with Crippen molar-refractivity contribution >= 4 is 34.9 Å². The Hall–Kier alpha value is -2.15. The number of aryl methyl sites for hydroxylation is 1. The molecule has 0 radical (unpaired) electrons. The first-order valence-electron chi connectivity index (χ1n) is 6.98. The maximum absolute atomic E-state index is 11.7. The van der Waals surface area contributed by atoms with Gasteiger partial charge in [-0.25, -0.2) is 0 Å². The number of esters is 1. The molecule has 22 heavy (non-hydrogen) atoms. The largest absolute Gasteiger partial charge is 0.506 e. The van der Waals surface area contributed by atoms with Gasteiger partial charge in [-0.1, -0.05) is 13.0 Å². The fourth-order valence-electron chi connectivity index (χ4n) is 1.60. The van der Waals surface area contributed by atoms with Gasteiger partial charge in [0, 0.05) is 6.42 Å². The molecule has 7 heteroatoms. The van der Waals surface area contributed by atoms with Crippen molar-refractivity contribution < 1.29 is 19.4 Å². The lowest BCUT2D eigenvalue weighted by atomic mass is 10.2. The molecule has 120 valence electrons. The second-order valence-corrected chi connectivity index (χ2v) is 5.15. The second-order valence-electron chi connectivity index (χ2n) is 4.74. The molecule has 0 saturated carbocycles. The number of hydrogen-bond donors (Lipinski definition) is 3. The average molecular weight is 324 g/mol. The van der Waals surface area contributed by atoms with Crippen molar-refractivity contribution in [2.45, 2.75) is 33.1 Å². The number of thiocarbonyl (C=S) groups is 1. The number of carbonyl (C=O) groups excluding carboxylic acids is 2. The highest BCUT2D eigenvalue weighted by molar-refractivity contribution is 7.80. The zero-order valence-corrected chi connectivity index (χ0v) is 13.5. The molecule has 0 aliphatic rings. The van der Waals surface area contributed by atoms with Crippen LogP contribution in [0.15, 0.2) is 18.2 Å². The van der Waals surface area contributed by atoms with Crippen LogP contribution in [-0.2, 0) is 14.3 Å². The highest BCUT2D eigenvalue weighted by Gasteiger charge is 2.10. The number of phenolic OH excluding ortho intramolecular Hbond substituents is 1. The summed E-state index contributed by atoms with van der Waals surface area (Å²) in [5.41, 5.74) is 1.35. The molecule has 1 aromatic carbocycles. The Morgan fingerprint density at radius 2 is 2.05 bits per heavy atom. The molecule has 3 N–H and O–H groups in total. The van der Waals surface area contributed by atoms with E-state index < -0.39 is 11.9 Å². The topological polar surface area (TPSA) is 87.7 Å². The van der Waals surface area contributed by atoms with E-state index in [0.29, 0.717) is 12.3 Å². The molecule has 0 aliphatic carbocycles. The summed E-state index contributed by atoms with van der Waals surface area (Å²) in [6.07, 6.45) is 0.736. The molecule has 0 spiro atoms. The van der Waals surface area contributed by atoms with Gasteiger partial charge in [0.05, 0.1) is 18.7 Å². The fourth-order valence-corrected chi connectivity index (χ4v) is 1.82. The standard InChI is InChI=1S/C15H20N2O4S/c1-3-8-21-14(20)7-6-13(19)17-15(22)16-11-9-10(2)4-5-12(11)18/h4-5,9,18H,3,6-8H2,1-2H3,(H2,16,17,19,22). The lowest BCUT2D eigenvalue weighted by Gasteiger charge is -2.11. The highest BCUT2D eigenvalue weighted by atomic mass is 32.1. The summed E-state index contributed by atoms with van der Waals surface area (Å²) in [6, 6.07) is 4.99. The summed E-state index contributed by atoms with van der Waals surface area (Å²) in [6.45, 7) is 4.12. The molecule has 1 aromatic rings. The van der Waals surface area contributed by atoms with Crippen LogP contribution in [0.2, 0.25) is 0 Å². The van der Waals surface area contributed by atoms with Gasteiger partial charge in [-0.2, -0.15) is 0 Å². The number of rotatable bonds is 6. The van der Waals surface area contributed by atoms with Crippen LogP contribution in [-0.4, -0.2) is 28.7 Å². The first-order chi connectivity index (χ1) is 10.4. The van der Waals surface area contributed by atoms with Gasteiger partial charge in [0.2, 0.25) is 5.91 Å². The first kappa shape index (κ1) is 17.9. The van der Waals surface area contributed by atoms with E-state index in [4.69, 9.17) is 17.0 Å². The quantitative estimate of drug-likeness (QED) is 0.423. The number of phenols is 1. The predicted molar refractivity (Wildman–Crippen MR) is 87.7 cm³/mol. The van der Waals surface area contributed by atoms with Crippen molar-refractivity contribution in [2.24, 2.45) is 0 Å². The van der Waals surface area contributed by atoms with Gasteiger partial charge in [0.1, 0.15) is 5.75 Å². The number of benzene rings is 1. The number of carbonyl (C=O) groups is 2. The van der Waals surface area contributed by atoms with Gasteiger partial charge in [-0.05, 0) is 43.3 Å². The van der Waals surface area contributed by atoms with Gasteiger partial charge in [0.15, 0.2) is 5.11 Å². The van der Waals surface area contributed by atoms with Crippen molar-refractivity contribution in [2.75, 3.05) is 11.9 Å². The minimum Gasteiger partial charge on any atom is -0.506 e. The van der Waals surface area contributed by atoms with Gasteiger partial charge < -0.3 is 20.5 Å². The first-order valence-corrected chi connectivity index (χ1v) is 7.39. The van der Waals surface area contributed by atoms with Gasteiger partial charge in [0.25, 0.3) is 0 Å². The van der Waals surface area contributed by atoms with E-state index in [1.54, 1.807) is 12.1 Å². The maximum Gasteiger partial charge on any atom is 0.306 e. The molecule has 6 nitrogen and oxygen atoms in total.